The number of aryl methyl sites for hydroxylation is 1. The lowest BCUT2D eigenvalue weighted by Gasteiger charge is -2.38. The van der Waals surface area contributed by atoms with Gasteiger partial charge in [0.2, 0.25) is 0 Å². The first-order valence-electron chi connectivity index (χ1n) is 7.01. The van der Waals surface area contributed by atoms with Crippen LogP contribution in [0.15, 0.2) is 36.4 Å². The Balaban J connectivity index is 1.67. The summed E-state index contributed by atoms with van der Waals surface area (Å²) in [5.74, 6) is 0.156. The van der Waals surface area contributed by atoms with Gasteiger partial charge in [-0.15, -0.1) is 0 Å². The highest BCUT2D eigenvalue weighted by Crippen LogP contribution is 2.42. The van der Waals surface area contributed by atoms with E-state index < -0.39 is 5.82 Å². The van der Waals surface area contributed by atoms with E-state index in [-0.39, 0.29) is 0 Å². The molecule has 0 unspecified atom stereocenters. The van der Waals surface area contributed by atoms with E-state index in [1.54, 1.807) is 0 Å². The maximum Gasteiger partial charge on any atom is 0.126 e. The topological polar surface area (TPSA) is 12.0 Å². The van der Waals surface area contributed by atoms with Crippen molar-refractivity contribution < 1.29 is 4.39 Å². The third kappa shape index (κ3) is 3.02. The van der Waals surface area contributed by atoms with E-state index >= 15 is 0 Å². The van der Waals surface area contributed by atoms with Crippen molar-refractivity contribution >= 4 is 28.9 Å². The summed E-state index contributed by atoms with van der Waals surface area (Å²) in [6.45, 7) is 2.14. The summed E-state index contributed by atoms with van der Waals surface area (Å²) in [5, 5.41) is 4.00. The standard InChI is InChI=1S/C17H16Cl2FN/c1-10-4-2-3-5-14(10)11-6-13(7-11)21-17-15(18)8-12(20)9-16(17)19/h2-5,8-9,11,13,21H,6-7H2,1H3. The van der Waals surface area contributed by atoms with Crippen molar-refractivity contribution in [3.63, 3.8) is 0 Å². The van der Waals surface area contributed by atoms with Gasteiger partial charge in [-0.3, -0.25) is 0 Å². The zero-order chi connectivity index (χ0) is 15.0. The lowest BCUT2D eigenvalue weighted by Crippen LogP contribution is -2.34. The van der Waals surface area contributed by atoms with Crippen LogP contribution in [0.3, 0.4) is 0 Å². The van der Waals surface area contributed by atoms with Crippen LogP contribution in [0.2, 0.25) is 10.0 Å². The number of rotatable bonds is 3. The van der Waals surface area contributed by atoms with Crippen molar-refractivity contribution in [3.05, 3.63) is 63.4 Å². The molecule has 0 saturated heterocycles. The molecular formula is C17H16Cl2FN. The van der Waals surface area contributed by atoms with Crippen LogP contribution in [0.4, 0.5) is 10.1 Å². The Labute approximate surface area is 134 Å². The highest BCUT2D eigenvalue weighted by atomic mass is 35.5. The number of anilines is 1. The molecule has 3 rings (SSSR count). The molecule has 0 heterocycles. The van der Waals surface area contributed by atoms with Crippen LogP contribution in [0.1, 0.15) is 29.9 Å². The van der Waals surface area contributed by atoms with Crippen LogP contribution in [0, 0.1) is 12.7 Å². The van der Waals surface area contributed by atoms with Gasteiger partial charge >= 0.3 is 0 Å². The molecule has 0 spiro atoms. The second-order valence-corrected chi connectivity index (χ2v) is 6.43. The Kier molecular flexibility index (Phi) is 4.10. The highest BCUT2D eigenvalue weighted by molar-refractivity contribution is 6.39. The fraction of sp³-hybridized carbons (Fsp3) is 0.294. The van der Waals surface area contributed by atoms with Gasteiger partial charge in [0, 0.05) is 6.04 Å². The molecule has 1 N–H and O–H groups in total. The van der Waals surface area contributed by atoms with Crippen molar-refractivity contribution in [2.45, 2.75) is 31.7 Å². The van der Waals surface area contributed by atoms with E-state index in [4.69, 9.17) is 23.2 Å². The van der Waals surface area contributed by atoms with E-state index in [2.05, 4.69) is 36.5 Å². The third-order valence-electron chi connectivity index (χ3n) is 4.12. The molecular weight excluding hydrogens is 308 g/mol. The summed E-state index contributed by atoms with van der Waals surface area (Å²) < 4.78 is 13.2. The normalized spacial score (nSPS) is 21.0. The minimum Gasteiger partial charge on any atom is -0.380 e. The lowest BCUT2D eigenvalue weighted by atomic mass is 9.74. The molecule has 2 aromatic carbocycles. The molecule has 0 atom stereocenters. The average Bonchev–Trinajstić information content (AvgIpc) is 2.37. The van der Waals surface area contributed by atoms with Gasteiger partial charge in [0.05, 0.1) is 15.7 Å². The summed E-state index contributed by atoms with van der Waals surface area (Å²) in [6, 6.07) is 11.4. The monoisotopic (exact) mass is 323 g/mol. The molecule has 0 bridgehead atoms. The Bertz CT molecular complexity index is 643. The molecule has 1 fully saturated rings. The van der Waals surface area contributed by atoms with E-state index in [0.717, 1.165) is 12.8 Å². The fourth-order valence-corrected chi connectivity index (χ4v) is 3.49. The van der Waals surface area contributed by atoms with E-state index in [1.807, 2.05) is 0 Å². The van der Waals surface area contributed by atoms with Gasteiger partial charge in [-0.05, 0) is 48.9 Å². The number of benzene rings is 2. The number of nitrogens with one attached hydrogen (secondary N) is 1. The van der Waals surface area contributed by atoms with Gasteiger partial charge in [-0.1, -0.05) is 47.5 Å². The largest absolute Gasteiger partial charge is 0.380 e. The van der Waals surface area contributed by atoms with Gasteiger partial charge in [-0.25, -0.2) is 4.39 Å². The molecule has 2 aromatic rings. The molecule has 110 valence electrons. The van der Waals surface area contributed by atoms with Crippen molar-refractivity contribution in [2.75, 3.05) is 5.32 Å². The van der Waals surface area contributed by atoms with Crippen molar-refractivity contribution in [1.82, 2.24) is 0 Å². The van der Waals surface area contributed by atoms with Crippen LogP contribution in [-0.4, -0.2) is 6.04 Å². The van der Waals surface area contributed by atoms with Gasteiger partial charge in [0.15, 0.2) is 0 Å². The molecule has 1 saturated carbocycles. The van der Waals surface area contributed by atoms with E-state index in [9.17, 15) is 4.39 Å². The molecule has 1 aliphatic rings. The van der Waals surface area contributed by atoms with E-state index in [0.29, 0.717) is 27.7 Å². The van der Waals surface area contributed by atoms with Crippen LogP contribution in [0.5, 0.6) is 0 Å². The number of hydrogen-bond acceptors (Lipinski definition) is 1. The van der Waals surface area contributed by atoms with Crippen LogP contribution < -0.4 is 5.32 Å². The first-order valence-corrected chi connectivity index (χ1v) is 7.77. The highest BCUT2D eigenvalue weighted by Gasteiger charge is 2.31. The smallest absolute Gasteiger partial charge is 0.126 e. The Hall–Kier alpha value is -1.25. The maximum atomic E-state index is 13.2. The average molecular weight is 324 g/mol. The predicted octanol–water partition coefficient (Wildman–Crippen LogP) is 5.80. The minimum atomic E-state index is -0.415. The van der Waals surface area contributed by atoms with Crippen molar-refractivity contribution in [3.8, 4) is 0 Å². The first kappa shape index (κ1) is 14.7. The zero-order valence-corrected chi connectivity index (χ0v) is 13.2. The van der Waals surface area contributed by atoms with Crippen LogP contribution in [0.25, 0.3) is 0 Å². The molecule has 0 amide bonds. The molecule has 1 aliphatic carbocycles. The first-order chi connectivity index (χ1) is 10.0. The molecule has 1 nitrogen and oxygen atoms in total. The van der Waals surface area contributed by atoms with E-state index in [1.165, 1.54) is 23.3 Å². The van der Waals surface area contributed by atoms with Crippen molar-refractivity contribution in [2.24, 2.45) is 0 Å². The van der Waals surface area contributed by atoms with Gasteiger partial charge in [0.1, 0.15) is 5.82 Å². The Morgan fingerprint density at radius 2 is 1.71 bits per heavy atom. The minimum absolute atomic E-state index is 0.329. The molecule has 4 heteroatoms. The summed E-state index contributed by atoms with van der Waals surface area (Å²) in [7, 11) is 0. The second kappa shape index (κ2) is 5.86. The number of hydrogen-bond donors (Lipinski definition) is 1. The zero-order valence-electron chi connectivity index (χ0n) is 11.7. The number of halogens is 3. The summed E-state index contributed by atoms with van der Waals surface area (Å²) >= 11 is 12.1. The Morgan fingerprint density at radius 3 is 2.33 bits per heavy atom. The quantitative estimate of drug-likeness (QED) is 0.752. The predicted molar refractivity (Wildman–Crippen MR) is 87.0 cm³/mol. The van der Waals surface area contributed by atoms with Gasteiger partial charge < -0.3 is 5.32 Å². The lowest BCUT2D eigenvalue weighted by molar-refractivity contribution is 0.373. The fourth-order valence-electron chi connectivity index (χ4n) is 2.92. The third-order valence-corrected chi connectivity index (χ3v) is 4.72. The maximum absolute atomic E-state index is 13.2. The summed E-state index contributed by atoms with van der Waals surface area (Å²) in [4.78, 5) is 0. The Morgan fingerprint density at radius 1 is 1.10 bits per heavy atom. The van der Waals surface area contributed by atoms with Crippen LogP contribution >= 0.6 is 23.2 Å². The molecule has 21 heavy (non-hydrogen) atoms. The molecule has 0 aromatic heterocycles. The van der Waals surface area contributed by atoms with Gasteiger partial charge in [0.25, 0.3) is 0 Å². The van der Waals surface area contributed by atoms with Gasteiger partial charge in [-0.2, -0.15) is 0 Å². The molecule has 0 radical (unpaired) electrons. The summed E-state index contributed by atoms with van der Waals surface area (Å²) in [6.07, 6.45) is 2.07. The van der Waals surface area contributed by atoms with Crippen LogP contribution in [-0.2, 0) is 0 Å². The molecule has 0 aliphatic heterocycles. The second-order valence-electron chi connectivity index (χ2n) is 5.61. The summed E-state index contributed by atoms with van der Waals surface area (Å²) in [5.41, 5.74) is 3.37. The van der Waals surface area contributed by atoms with Crippen molar-refractivity contribution in [1.29, 1.82) is 0 Å². The SMILES string of the molecule is Cc1ccccc1C1CC(Nc2c(Cl)cc(F)cc2Cl)C1.